The number of rotatable bonds is 8. The lowest BCUT2D eigenvalue weighted by Crippen LogP contribution is -2.40. The van der Waals surface area contributed by atoms with Gasteiger partial charge in [0.05, 0.1) is 6.04 Å². The van der Waals surface area contributed by atoms with Crippen LogP contribution in [0.4, 0.5) is 0 Å². The van der Waals surface area contributed by atoms with Gasteiger partial charge in [0.15, 0.2) is 0 Å². The molecule has 4 heteroatoms. The number of halogens is 1. The molecule has 3 nitrogen and oxygen atoms in total. The van der Waals surface area contributed by atoms with Crippen LogP contribution in [-0.2, 0) is 11.2 Å². The van der Waals surface area contributed by atoms with Crippen LogP contribution >= 0.6 is 12.4 Å². The van der Waals surface area contributed by atoms with Gasteiger partial charge in [-0.3, -0.25) is 4.79 Å². The second-order valence-corrected chi connectivity index (χ2v) is 5.69. The Hall–Kier alpha value is -1.06. The number of nitrogens with two attached hydrogens (primary N) is 1. The zero-order chi connectivity index (χ0) is 15.0. The molecular weight excluding hydrogens is 284 g/mol. The Morgan fingerprint density at radius 1 is 1.24 bits per heavy atom. The Balaban J connectivity index is 0.00000400. The molecular formula is C17H29ClN2O. The van der Waals surface area contributed by atoms with Crippen molar-refractivity contribution in [2.75, 3.05) is 6.54 Å². The van der Waals surface area contributed by atoms with Crippen LogP contribution in [0.2, 0.25) is 0 Å². The SMILES string of the molecule is CCCC(N)C(=O)NCCCc1ccc(C(C)C)cc1.Cl. The lowest BCUT2D eigenvalue weighted by molar-refractivity contribution is -0.122. The molecule has 1 rings (SSSR count). The molecule has 1 aromatic rings. The average molecular weight is 313 g/mol. The summed E-state index contributed by atoms with van der Waals surface area (Å²) < 4.78 is 0. The van der Waals surface area contributed by atoms with E-state index < -0.39 is 0 Å². The smallest absolute Gasteiger partial charge is 0.236 e. The summed E-state index contributed by atoms with van der Waals surface area (Å²) in [4.78, 5) is 11.6. The van der Waals surface area contributed by atoms with Gasteiger partial charge in [-0.1, -0.05) is 51.5 Å². The lowest BCUT2D eigenvalue weighted by Gasteiger charge is -2.11. The number of aryl methyl sites for hydroxylation is 1. The molecule has 120 valence electrons. The van der Waals surface area contributed by atoms with Crippen LogP contribution in [0.25, 0.3) is 0 Å². The molecule has 1 amide bonds. The first kappa shape index (κ1) is 19.9. The fourth-order valence-corrected chi connectivity index (χ4v) is 2.15. The summed E-state index contributed by atoms with van der Waals surface area (Å²) in [6, 6.07) is 8.39. The van der Waals surface area contributed by atoms with Gasteiger partial charge in [-0.05, 0) is 36.3 Å². The van der Waals surface area contributed by atoms with Crippen molar-refractivity contribution in [2.24, 2.45) is 5.73 Å². The Morgan fingerprint density at radius 3 is 2.38 bits per heavy atom. The van der Waals surface area contributed by atoms with Crippen molar-refractivity contribution < 1.29 is 4.79 Å². The van der Waals surface area contributed by atoms with Gasteiger partial charge < -0.3 is 11.1 Å². The van der Waals surface area contributed by atoms with Crippen molar-refractivity contribution in [1.29, 1.82) is 0 Å². The molecule has 0 aliphatic heterocycles. The van der Waals surface area contributed by atoms with E-state index in [2.05, 4.69) is 43.4 Å². The standard InChI is InChI=1S/C17H28N2O.ClH/c1-4-6-16(18)17(20)19-12-5-7-14-8-10-15(11-9-14)13(2)3;/h8-11,13,16H,4-7,12,18H2,1-3H3,(H,19,20);1H. The number of nitrogens with one attached hydrogen (secondary N) is 1. The van der Waals surface area contributed by atoms with Gasteiger partial charge in [0.1, 0.15) is 0 Å². The highest BCUT2D eigenvalue weighted by Gasteiger charge is 2.10. The molecule has 3 N–H and O–H groups in total. The van der Waals surface area contributed by atoms with Gasteiger partial charge in [0.25, 0.3) is 0 Å². The quantitative estimate of drug-likeness (QED) is 0.723. The maximum absolute atomic E-state index is 11.6. The van der Waals surface area contributed by atoms with E-state index in [1.807, 2.05) is 6.92 Å². The normalized spacial score (nSPS) is 11.9. The summed E-state index contributed by atoms with van der Waals surface area (Å²) in [5.41, 5.74) is 8.44. The van der Waals surface area contributed by atoms with Gasteiger partial charge in [-0.15, -0.1) is 12.4 Å². The first-order valence-corrected chi connectivity index (χ1v) is 7.66. The van der Waals surface area contributed by atoms with Gasteiger partial charge in [-0.2, -0.15) is 0 Å². The largest absolute Gasteiger partial charge is 0.355 e. The van der Waals surface area contributed by atoms with E-state index in [0.717, 1.165) is 25.7 Å². The third-order valence-corrected chi connectivity index (χ3v) is 3.52. The molecule has 0 bridgehead atoms. The van der Waals surface area contributed by atoms with E-state index in [9.17, 15) is 4.79 Å². The van der Waals surface area contributed by atoms with E-state index in [4.69, 9.17) is 5.73 Å². The van der Waals surface area contributed by atoms with E-state index in [1.165, 1.54) is 11.1 Å². The van der Waals surface area contributed by atoms with Crippen molar-refractivity contribution >= 4 is 18.3 Å². The average Bonchev–Trinajstić information content (AvgIpc) is 2.44. The second kappa shape index (κ2) is 10.6. The third kappa shape index (κ3) is 7.49. The van der Waals surface area contributed by atoms with Crippen LogP contribution in [0.5, 0.6) is 0 Å². The van der Waals surface area contributed by atoms with Crippen molar-refractivity contribution in [3.05, 3.63) is 35.4 Å². The molecule has 0 saturated carbocycles. The number of carbonyl (C=O) groups is 1. The monoisotopic (exact) mass is 312 g/mol. The first-order valence-electron chi connectivity index (χ1n) is 7.66. The highest BCUT2D eigenvalue weighted by atomic mass is 35.5. The Bertz CT molecular complexity index is 404. The highest BCUT2D eigenvalue weighted by molar-refractivity contribution is 5.85. The van der Waals surface area contributed by atoms with Crippen LogP contribution in [0.15, 0.2) is 24.3 Å². The van der Waals surface area contributed by atoms with Gasteiger partial charge in [0.2, 0.25) is 5.91 Å². The van der Waals surface area contributed by atoms with Crippen LogP contribution in [0, 0.1) is 0 Å². The van der Waals surface area contributed by atoms with Gasteiger partial charge >= 0.3 is 0 Å². The van der Waals surface area contributed by atoms with Crippen molar-refractivity contribution in [3.8, 4) is 0 Å². The predicted molar refractivity (Wildman–Crippen MR) is 92.0 cm³/mol. The summed E-state index contributed by atoms with van der Waals surface area (Å²) in [5, 5.41) is 2.90. The van der Waals surface area contributed by atoms with E-state index in [1.54, 1.807) is 0 Å². The van der Waals surface area contributed by atoms with Gasteiger partial charge in [0, 0.05) is 6.54 Å². The lowest BCUT2D eigenvalue weighted by atomic mass is 10.0. The molecule has 0 aliphatic carbocycles. The number of benzene rings is 1. The van der Waals surface area contributed by atoms with E-state index in [-0.39, 0.29) is 24.4 Å². The molecule has 1 aromatic carbocycles. The Labute approximate surface area is 135 Å². The number of hydrogen-bond acceptors (Lipinski definition) is 2. The molecule has 0 aromatic heterocycles. The number of hydrogen-bond donors (Lipinski definition) is 2. The topological polar surface area (TPSA) is 55.1 Å². The zero-order valence-corrected chi connectivity index (χ0v) is 14.2. The molecule has 0 radical (unpaired) electrons. The zero-order valence-electron chi connectivity index (χ0n) is 13.4. The van der Waals surface area contributed by atoms with Crippen molar-refractivity contribution in [3.63, 3.8) is 0 Å². The maximum atomic E-state index is 11.6. The van der Waals surface area contributed by atoms with Crippen molar-refractivity contribution in [1.82, 2.24) is 5.32 Å². The van der Waals surface area contributed by atoms with E-state index >= 15 is 0 Å². The molecule has 0 saturated heterocycles. The number of amides is 1. The Kier molecular flexibility index (Phi) is 10.1. The van der Waals surface area contributed by atoms with Crippen molar-refractivity contribution in [2.45, 2.75) is 58.4 Å². The molecule has 0 fully saturated rings. The maximum Gasteiger partial charge on any atom is 0.236 e. The predicted octanol–water partition coefficient (Wildman–Crippen LogP) is 3.41. The van der Waals surface area contributed by atoms with Gasteiger partial charge in [-0.25, -0.2) is 0 Å². The summed E-state index contributed by atoms with van der Waals surface area (Å²) in [6.07, 6.45) is 3.63. The molecule has 0 spiro atoms. The summed E-state index contributed by atoms with van der Waals surface area (Å²) >= 11 is 0. The summed E-state index contributed by atoms with van der Waals surface area (Å²) in [5.74, 6) is 0.547. The minimum atomic E-state index is -0.356. The molecule has 21 heavy (non-hydrogen) atoms. The molecule has 1 atom stereocenters. The first-order chi connectivity index (χ1) is 9.54. The van der Waals surface area contributed by atoms with Crippen LogP contribution in [0.1, 0.15) is 57.1 Å². The van der Waals surface area contributed by atoms with Crippen LogP contribution < -0.4 is 11.1 Å². The summed E-state index contributed by atoms with van der Waals surface area (Å²) in [7, 11) is 0. The summed E-state index contributed by atoms with van der Waals surface area (Å²) in [6.45, 7) is 7.13. The Morgan fingerprint density at radius 2 is 1.86 bits per heavy atom. The van der Waals surface area contributed by atoms with Crippen LogP contribution in [-0.4, -0.2) is 18.5 Å². The highest BCUT2D eigenvalue weighted by Crippen LogP contribution is 2.15. The fraction of sp³-hybridized carbons (Fsp3) is 0.588. The molecule has 0 heterocycles. The third-order valence-electron chi connectivity index (χ3n) is 3.52. The van der Waals surface area contributed by atoms with Crippen LogP contribution in [0.3, 0.4) is 0 Å². The second-order valence-electron chi connectivity index (χ2n) is 5.69. The number of carbonyl (C=O) groups excluding carboxylic acids is 1. The minimum absolute atomic E-state index is 0. The fourth-order valence-electron chi connectivity index (χ4n) is 2.15. The molecule has 1 unspecified atom stereocenters. The minimum Gasteiger partial charge on any atom is -0.355 e. The van der Waals surface area contributed by atoms with E-state index in [0.29, 0.717) is 12.5 Å². The molecule has 0 aliphatic rings.